The van der Waals surface area contributed by atoms with Gasteiger partial charge in [0.15, 0.2) is 6.10 Å². The Bertz CT molecular complexity index is 429. The first kappa shape index (κ1) is 11.7. The first-order valence-corrected chi connectivity index (χ1v) is 5.35. The summed E-state index contributed by atoms with van der Waals surface area (Å²) in [6, 6.07) is 5.18. The van der Waals surface area contributed by atoms with E-state index in [1.807, 2.05) is 0 Å². The number of aliphatic carboxylic acids is 1. The highest BCUT2D eigenvalue weighted by atomic mass is 16.5. The number of rotatable bonds is 3. The van der Waals surface area contributed by atoms with Crippen LogP contribution in [0.3, 0.4) is 0 Å². The molecule has 2 unspecified atom stereocenters. The molecule has 0 fully saturated rings. The summed E-state index contributed by atoms with van der Waals surface area (Å²) in [6.07, 6.45) is -0.904. The molecule has 1 aromatic rings. The number of benzene rings is 1. The van der Waals surface area contributed by atoms with Gasteiger partial charge in [0.2, 0.25) is 0 Å². The van der Waals surface area contributed by atoms with Gasteiger partial charge in [-0.25, -0.2) is 4.79 Å². The highest BCUT2D eigenvalue weighted by Crippen LogP contribution is 2.37. The van der Waals surface area contributed by atoms with Crippen LogP contribution < -0.4 is 9.47 Å². The molecule has 1 aromatic carbocycles. The van der Waals surface area contributed by atoms with Crippen LogP contribution in [0.2, 0.25) is 0 Å². The van der Waals surface area contributed by atoms with E-state index in [4.69, 9.17) is 14.6 Å². The van der Waals surface area contributed by atoms with Gasteiger partial charge in [-0.2, -0.15) is 0 Å². The average Bonchev–Trinajstić information content (AvgIpc) is 2.36. The Morgan fingerprint density at radius 3 is 3.00 bits per heavy atom. The van der Waals surface area contributed by atoms with Crippen molar-refractivity contribution in [2.75, 3.05) is 13.7 Å². The van der Waals surface area contributed by atoms with Crippen LogP contribution in [-0.2, 0) is 4.79 Å². The number of carboxylic acid groups (broad SMARTS) is 1. The van der Waals surface area contributed by atoms with E-state index in [-0.39, 0.29) is 0 Å². The highest BCUT2D eigenvalue weighted by molar-refractivity contribution is 5.74. The van der Waals surface area contributed by atoms with E-state index in [0.29, 0.717) is 30.1 Å². The van der Waals surface area contributed by atoms with Crippen molar-refractivity contribution in [3.63, 3.8) is 0 Å². The lowest BCUT2D eigenvalue weighted by atomic mass is 9.88. The number of aliphatic hydroxyl groups is 1. The number of aliphatic hydroxyl groups excluding tert-OH is 1. The molecular formula is C12H14O5. The number of hydrogen-bond acceptors (Lipinski definition) is 4. The molecule has 1 aliphatic heterocycles. The van der Waals surface area contributed by atoms with Gasteiger partial charge in [0.1, 0.15) is 11.5 Å². The minimum absolute atomic E-state index is 0.398. The maximum Gasteiger partial charge on any atom is 0.333 e. The van der Waals surface area contributed by atoms with E-state index in [1.54, 1.807) is 25.3 Å². The smallest absolute Gasteiger partial charge is 0.333 e. The van der Waals surface area contributed by atoms with E-state index in [9.17, 15) is 9.90 Å². The standard InChI is InChI=1S/C12H14O5/c1-16-7-2-3-8-9(11(13)12(14)15)4-5-17-10(8)6-7/h2-3,6,9,11,13H,4-5H2,1H3,(H,14,15). The molecule has 0 amide bonds. The van der Waals surface area contributed by atoms with Gasteiger partial charge in [-0.1, -0.05) is 6.07 Å². The van der Waals surface area contributed by atoms with Crippen LogP contribution in [0.1, 0.15) is 17.9 Å². The number of ether oxygens (including phenoxy) is 2. The molecule has 92 valence electrons. The zero-order valence-corrected chi connectivity index (χ0v) is 9.42. The lowest BCUT2D eigenvalue weighted by Crippen LogP contribution is -2.31. The fourth-order valence-electron chi connectivity index (χ4n) is 2.02. The normalized spacial score (nSPS) is 20.0. The van der Waals surface area contributed by atoms with Gasteiger partial charge < -0.3 is 19.7 Å². The van der Waals surface area contributed by atoms with Crippen molar-refractivity contribution in [3.05, 3.63) is 23.8 Å². The van der Waals surface area contributed by atoms with Crippen molar-refractivity contribution in [1.82, 2.24) is 0 Å². The van der Waals surface area contributed by atoms with Crippen molar-refractivity contribution in [3.8, 4) is 11.5 Å². The number of fused-ring (bicyclic) bond motifs is 1. The molecule has 5 nitrogen and oxygen atoms in total. The summed E-state index contributed by atoms with van der Waals surface area (Å²) in [6.45, 7) is 0.398. The monoisotopic (exact) mass is 238 g/mol. The Morgan fingerprint density at radius 2 is 2.35 bits per heavy atom. The Hall–Kier alpha value is -1.75. The minimum atomic E-state index is -1.40. The fourth-order valence-corrected chi connectivity index (χ4v) is 2.02. The van der Waals surface area contributed by atoms with Crippen molar-refractivity contribution in [1.29, 1.82) is 0 Å². The summed E-state index contributed by atoms with van der Waals surface area (Å²) in [4.78, 5) is 10.8. The van der Waals surface area contributed by atoms with Gasteiger partial charge in [-0.15, -0.1) is 0 Å². The topological polar surface area (TPSA) is 76.0 Å². The molecule has 0 aliphatic carbocycles. The van der Waals surface area contributed by atoms with Gasteiger partial charge in [-0.05, 0) is 12.5 Å². The number of methoxy groups -OCH3 is 1. The molecule has 0 saturated heterocycles. The molecule has 5 heteroatoms. The van der Waals surface area contributed by atoms with Crippen LogP contribution in [0.4, 0.5) is 0 Å². The largest absolute Gasteiger partial charge is 0.497 e. The summed E-state index contributed by atoms with van der Waals surface area (Å²) in [5, 5.41) is 18.5. The summed E-state index contributed by atoms with van der Waals surface area (Å²) < 4.78 is 10.5. The van der Waals surface area contributed by atoms with Crippen LogP contribution >= 0.6 is 0 Å². The first-order valence-electron chi connectivity index (χ1n) is 5.35. The van der Waals surface area contributed by atoms with E-state index >= 15 is 0 Å². The molecule has 2 N–H and O–H groups in total. The zero-order chi connectivity index (χ0) is 12.4. The maximum absolute atomic E-state index is 10.8. The van der Waals surface area contributed by atoms with Gasteiger partial charge >= 0.3 is 5.97 Å². The number of carboxylic acids is 1. The number of hydrogen-bond donors (Lipinski definition) is 2. The molecule has 1 heterocycles. The number of carbonyl (C=O) groups is 1. The Morgan fingerprint density at radius 1 is 1.59 bits per heavy atom. The molecule has 0 spiro atoms. The second kappa shape index (κ2) is 4.63. The zero-order valence-electron chi connectivity index (χ0n) is 9.42. The summed E-state index contributed by atoms with van der Waals surface area (Å²) >= 11 is 0. The molecule has 2 atom stereocenters. The van der Waals surface area contributed by atoms with Crippen LogP contribution in [0.5, 0.6) is 11.5 Å². The molecule has 2 rings (SSSR count). The van der Waals surface area contributed by atoms with Crippen molar-refractivity contribution < 1.29 is 24.5 Å². The van der Waals surface area contributed by atoms with Crippen LogP contribution in [0.15, 0.2) is 18.2 Å². The van der Waals surface area contributed by atoms with Crippen molar-refractivity contribution in [2.24, 2.45) is 0 Å². The second-order valence-corrected chi connectivity index (χ2v) is 3.93. The molecule has 1 aliphatic rings. The van der Waals surface area contributed by atoms with Crippen LogP contribution in [0, 0.1) is 0 Å². The Labute approximate surface area is 98.6 Å². The predicted molar refractivity (Wildman–Crippen MR) is 59.5 cm³/mol. The fraction of sp³-hybridized carbons (Fsp3) is 0.417. The molecular weight excluding hydrogens is 224 g/mol. The Balaban J connectivity index is 2.34. The minimum Gasteiger partial charge on any atom is -0.497 e. The third-order valence-corrected chi connectivity index (χ3v) is 2.94. The first-order chi connectivity index (χ1) is 8.13. The van der Waals surface area contributed by atoms with E-state index in [2.05, 4.69) is 0 Å². The highest BCUT2D eigenvalue weighted by Gasteiger charge is 2.32. The van der Waals surface area contributed by atoms with E-state index < -0.39 is 18.0 Å². The molecule has 0 radical (unpaired) electrons. The Kier molecular flexibility index (Phi) is 3.19. The molecule has 0 bridgehead atoms. The maximum atomic E-state index is 10.8. The summed E-state index contributed by atoms with van der Waals surface area (Å²) in [5.74, 6) is -0.407. The predicted octanol–water partition coefficient (Wildman–Crippen LogP) is 1.01. The van der Waals surface area contributed by atoms with Crippen molar-refractivity contribution >= 4 is 5.97 Å². The third kappa shape index (κ3) is 2.19. The average molecular weight is 238 g/mol. The molecule has 0 aromatic heterocycles. The van der Waals surface area contributed by atoms with Gasteiger partial charge in [0.05, 0.1) is 13.7 Å². The van der Waals surface area contributed by atoms with Crippen LogP contribution in [0.25, 0.3) is 0 Å². The van der Waals surface area contributed by atoms with Crippen LogP contribution in [-0.4, -0.2) is 36.0 Å². The second-order valence-electron chi connectivity index (χ2n) is 3.93. The third-order valence-electron chi connectivity index (χ3n) is 2.94. The lowest BCUT2D eigenvalue weighted by molar-refractivity contribution is -0.148. The van der Waals surface area contributed by atoms with Crippen molar-refractivity contribution in [2.45, 2.75) is 18.4 Å². The quantitative estimate of drug-likeness (QED) is 0.821. The van der Waals surface area contributed by atoms with Gasteiger partial charge in [-0.3, -0.25) is 0 Å². The van der Waals surface area contributed by atoms with Gasteiger partial charge in [0, 0.05) is 17.5 Å². The molecule has 0 saturated carbocycles. The van der Waals surface area contributed by atoms with E-state index in [1.165, 1.54) is 0 Å². The van der Waals surface area contributed by atoms with Gasteiger partial charge in [0.25, 0.3) is 0 Å². The lowest BCUT2D eigenvalue weighted by Gasteiger charge is -2.27. The SMILES string of the molecule is COc1ccc2c(c1)OCCC2C(O)C(=O)O. The van der Waals surface area contributed by atoms with E-state index in [0.717, 1.165) is 0 Å². The summed E-state index contributed by atoms with van der Waals surface area (Å²) in [7, 11) is 1.55. The summed E-state index contributed by atoms with van der Waals surface area (Å²) in [5.41, 5.74) is 0.715. The molecule has 17 heavy (non-hydrogen) atoms.